The lowest BCUT2D eigenvalue weighted by molar-refractivity contribution is -0.167. The van der Waals surface area contributed by atoms with Gasteiger partial charge in [-0.1, -0.05) is 269 Å². The molecule has 0 aromatic heterocycles. The van der Waals surface area contributed by atoms with Crippen LogP contribution >= 0.6 is 0 Å². The van der Waals surface area contributed by atoms with Crippen molar-refractivity contribution in [2.24, 2.45) is 0 Å². The van der Waals surface area contributed by atoms with Crippen LogP contribution in [0.15, 0.2) is 146 Å². The summed E-state index contributed by atoms with van der Waals surface area (Å²) in [6, 6.07) is 0. The highest BCUT2D eigenvalue weighted by molar-refractivity contribution is 5.71. The molecule has 0 amide bonds. The third-order valence-corrected chi connectivity index (χ3v) is 12.8. The Morgan fingerprint density at radius 3 is 0.844 bits per heavy atom. The van der Waals surface area contributed by atoms with E-state index < -0.39 is 6.10 Å². The summed E-state index contributed by atoms with van der Waals surface area (Å²) in [5.74, 6) is -0.986. The number of hydrogen-bond acceptors (Lipinski definition) is 6. The van der Waals surface area contributed by atoms with Gasteiger partial charge in [-0.15, -0.1) is 0 Å². The molecule has 0 N–H and O–H groups in total. The lowest BCUT2D eigenvalue weighted by atomic mass is 10.1. The molecule has 0 rings (SSSR count). The van der Waals surface area contributed by atoms with Crippen LogP contribution < -0.4 is 0 Å². The first-order chi connectivity index (χ1) is 38.0. The lowest BCUT2D eigenvalue weighted by Gasteiger charge is -2.18. The maximum Gasteiger partial charge on any atom is 0.306 e. The quantitative estimate of drug-likeness (QED) is 0.0261. The minimum absolute atomic E-state index is 0.105. The molecule has 0 aliphatic heterocycles. The summed E-state index contributed by atoms with van der Waals surface area (Å²) in [6.07, 6.45) is 91.5. The Hall–Kier alpha value is -4.71. The number of carbonyl (C=O) groups excluding carboxylic acids is 3. The second-order valence-electron chi connectivity index (χ2n) is 20.2. The van der Waals surface area contributed by atoms with Gasteiger partial charge in [0.15, 0.2) is 6.10 Å². The highest BCUT2D eigenvalue weighted by atomic mass is 16.6. The van der Waals surface area contributed by atoms with E-state index in [1.807, 2.05) is 0 Å². The van der Waals surface area contributed by atoms with E-state index in [0.717, 1.165) is 128 Å². The number of unbranched alkanes of at least 4 members (excludes halogenated alkanes) is 20. The standard InChI is InChI=1S/C71H114O6/c1-4-7-10-13-16-19-21-23-25-27-29-31-32-33-34-35-36-37-38-40-41-43-45-47-49-52-55-58-61-64-70(73)76-67-68(66-75-69(72)63-60-57-54-51-18-15-12-9-6-3)77-71(74)65-62-59-56-53-50-48-46-44-42-39-30-28-26-24-22-20-17-14-11-8-5-2/h7,10,16,19,22-25,28-31,33-34,36-37,40-42,44-45,47,52,55,68H,4-6,8-9,11-15,17-18,20-21,26-27,32,35,38-39,43,46,48-51,53-54,56-67H2,1-3H3/b10-7-,19-16-,24-22-,25-23-,30-28-,31-29-,34-33-,37-36-,41-40-,44-42-,47-45-,55-52-. The van der Waals surface area contributed by atoms with Crippen LogP contribution in [0.4, 0.5) is 0 Å². The molecule has 0 radical (unpaired) electrons. The minimum atomic E-state index is -0.813. The first kappa shape index (κ1) is 72.3. The molecule has 77 heavy (non-hydrogen) atoms. The van der Waals surface area contributed by atoms with Crippen LogP contribution in [0.3, 0.4) is 0 Å². The van der Waals surface area contributed by atoms with Crippen LogP contribution in [0.25, 0.3) is 0 Å². The second-order valence-corrected chi connectivity index (χ2v) is 20.2. The monoisotopic (exact) mass is 1060 g/mol. The molecule has 0 bridgehead atoms. The van der Waals surface area contributed by atoms with E-state index in [0.29, 0.717) is 19.3 Å². The first-order valence-electron chi connectivity index (χ1n) is 31.3. The Balaban J connectivity index is 4.40. The SMILES string of the molecule is CC/C=C\C/C=C\C/C=C\C/C=C\C/C=C\C/C=C\C/C=C\C/C=C\C/C=C\CCCC(=O)OCC(COC(=O)CCCCCCCCCCC)OC(=O)CCCCCCCC/C=C\C/C=C\C/C=C\CCCCCCC. The molecular formula is C71H114O6. The Morgan fingerprint density at radius 2 is 0.519 bits per heavy atom. The fraction of sp³-hybridized carbons (Fsp3) is 0.620. The number of rotatable bonds is 55. The van der Waals surface area contributed by atoms with Crippen molar-refractivity contribution in [3.63, 3.8) is 0 Å². The van der Waals surface area contributed by atoms with E-state index >= 15 is 0 Å². The maximum atomic E-state index is 12.9. The summed E-state index contributed by atoms with van der Waals surface area (Å²) in [7, 11) is 0. The molecule has 0 aromatic carbocycles. The van der Waals surface area contributed by atoms with Gasteiger partial charge in [0.25, 0.3) is 0 Å². The van der Waals surface area contributed by atoms with Crippen LogP contribution in [-0.2, 0) is 28.6 Å². The third-order valence-electron chi connectivity index (χ3n) is 12.8. The normalized spacial score (nSPS) is 13.1. The van der Waals surface area contributed by atoms with Gasteiger partial charge in [-0.2, -0.15) is 0 Å². The average Bonchev–Trinajstić information content (AvgIpc) is 3.43. The summed E-state index contributed by atoms with van der Waals surface area (Å²) >= 11 is 0. The zero-order valence-electron chi connectivity index (χ0n) is 49.7. The Labute approximate surface area is 474 Å². The van der Waals surface area contributed by atoms with Crippen molar-refractivity contribution in [1.29, 1.82) is 0 Å². The molecule has 1 atom stereocenters. The van der Waals surface area contributed by atoms with Crippen molar-refractivity contribution in [2.75, 3.05) is 13.2 Å². The molecule has 0 saturated heterocycles. The number of esters is 3. The minimum Gasteiger partial charge on any atom is -0.462 e. The smallest absolute Gasteiger partial charge is 0.306 e. The van der Waals surface area contributed by atoms with E-state index in [-0.39, 0.29) is 37.5 Å². The van der Waals surface area contributed by atoms with Crippen LogP contribution in [0, 0.1) is 0 Å². The Kier molecular flexibility index (Phi) is 59.9. The molecule has 0 aliphatic rings. The molecular weight excluding hydrogens is 949 g/mol. The predicted molar refractivity (Wildman–Crippen MR) is 334 cm³/mol. The topological polar surface area (TPSA) is 78.9 Å². The molecule has 0 fully saturated rings. The molecule has 0 aromatic rings. The van der Waals surface area contributed by atoms with Crippen molar-refractivity contribution < 1.29 is 28.6 Å². The second kappa shape index (κ2) is 63.8. The largest absolute Gasteiger partial charge is 0.462 e. The highest BCUT2D eigenvalue weighted by Gasteiger charge is 2.19. The summed E-state index contributed by atoms with van der Waals surface area (Å²) in [5, 5.41) is 0. The Morgan fingerprint density at radius 1 is 0.273 bits per heavy atom. The van der Waals surface area contributed by atoms with E-state index in [2.05, 4.69) is 167 Å². The molecule has 0 aliphatic carbocycles. The number of ether oxygens (including phenoxy) is 3. The van der Waals surface area contributed by atoms with Crippen molar-refractivity contribution in [1.82, 2.24) is 0 Å². The van der Waals surface area contributed by atoms with Gasteiger partial charge in [-0.25, -0.2) is 0 Å². The van der Waals surface area contributed by atoms with E-state index in [1.165, 1.54) is 89.9 Å². The average molecular weight is 1060 g/mol. The molecule has 6 heteroatoms. The van der Waals surface area contributed by atoms with E-state index in [1.54, 1.807) is 0 Å². The third kappa shape index (κ3) is 62.0. The van der Waals surface area contributed by atoms with Crippen molar-refractivity contribution in [3.05, 3.63) is 146 Å². The lowest BCUT2D eigenvalue weighted by Crippen LogP contribution is -2.30. The van der Waals surface area contributed by atoms with Crippen LogP contribution in [0.1, 0.15) is 265 Å². The van der Waals surface area contributed by atoms with Crippen LogP contribution in [0.5, 0.6) is 0 Å². The summed E-state index contributed by atoms with van der Waals surface area (Å²) < 4.78 is 16.8. The van der Waals surface area contributed by atoms with E-state index in [9.17, 15) is 14.4 Å². The Bertz CT molecular complexity index is 1700. The van der Waals surface area contributed by atoms with Crippen molar-refractivity contribution >= 4 is 17.9 Å². The van der Waals surface area contributed by atoms with Gasteiger partial charge in [-0.3, -0.25) is 14.4 Å². The van der Waals surface area contributed by atoms with Gasteiger partial charge in [0.2, 0.25) is 0 Å². The molecule has 0 saturated carbocycles. The maximum absolute atomic E-state index is 12.9. The van der Waals surface area contributed by atoms with Gasteiger partial charge < -0.3 is 14.2 Å². The molecule has 6 nitrogen and oxygen atoms in total. The van der Waals surface area contributed by atoms with Crippen LogP contribution in [0.2, 0.25) is 0 Å². The zero-order valence-corrected chi connectivity index (χ0v) is 49.7. The molecule has 434 valence electrons. The molecule has 1 unspecified atom stereocenters. The first-order valence-corrected chi connectivity index (χ1v) is 31.3. The fourth-order valence-electron chi connectivity index (χ4n) is 8.16. The van der Waals surface area contributed by atoms with Crippen molar-refractivity contribution in [3.8, 4) is 0 Å². The van der Waals surface area contributed by atoms with Gasteiger partial charge in [-0.05, 0) is 122 Å². The summed E-state index contributed by atoms with van der Waals surface area (Å²) in [5.41, 5.74) is 0. The zero-order chi connectivity index (χ0) is 55.7. The van der Waals surface area contributed by atoms with Gasteiger partial charge in [0.1, 0.15) is 13.2 Å². The van der Waals surface area contributed by atoms with Crippen LogP contribution in [-0.4, -0.2) is 37.2 Å². The van der Waals surface area contributed by atoms with Gasteiger partial charge in [0.05, 0.1) is 0 Å². The van der Waals surface area contributed by atoms with Gasteiger partial charge in [0, 0.05) is 19.3 Å². The number of carbonyl (C=O) groups is 3. The fourth-order valence-corrected chi connectivity index (χ4v) is 8.16. The highest BCUT2D eigenvalue weighted by Crippen LogP contribution is 2.14. The van der Waals surface area contributed by atoms with Crippen molar-refractivity contribution in [2.45, 2.75) is 271 Å². The molecule has 0 spiro atoms. The molecule has 0 heterocycles. The number of allylic oxidation sites excluding steroid dienone is 24. The predicted octanol–water partition coefficient (Wildman–Crippen LogP) is 21.5. The summed E-state index contributed by atoms with van der Waals surface area (Å²) in [6.45, 7) is 6.43. The van der Waals surface area contributed by atoms with E-state index in [4.69, 9.17) is 14.2 Å². The number of hydrogen-bond donors (Lipinski definition) is 0. The van der Waals surface area contributed by atoms with Gasteiger partial charge >= 0.3 is 17.9 Å². The summed E-state index contributed by atoms with van der Waals surface area (Å²) in [4.78, 5) is 38.1.